The van der Waals surface area contributed by atoms with Gasteiger partial charge in [-0.25, -0.2) is 0 Å². The van der Waals surface area contributed by atoms with Crippen LogP contribution in [0.2, 0.25) is 0 Å². The lowest BCUT2D eigenvalue weighted by molar-refractivity contribution is -0.150. The summed E-state index contributed by atoms with van der Waals surface area (Å²) in [5, 5.41) is 8.33. The molecule has 80 heavy (non-hydrogen) atoms. The zero-order valence-electron chi connectivity index (χ0n) is 45.2. The minimum absolute atomic E-state index is 0.136. The molecule has 7 amide bonds. The van der Waals surface area contributed by atoms with Gasteiger partial charge in [-0.05, 0) is 90.8 Å². The molecule has 20 heteroatoms. The smallest absolute Gasteiger partial charge is 0.260 e. The van der Waals surface area contributed by atoms with Crippen molar-refractivity contribution < 1.29 is 57.2 Å². The van der Waals surface area contributed by atoms with Crippen LogP contribution in [0.1, 0.15) is 103 Å². The normalized spacial score (nSPS) is 19.4. The second-order valence-electron chi connectivity index (χ2n) is 20.7. The van der Waals surface area contributed by atoms with E-state index in [0.717, 1.165) is 34.4 Å². The zero-order valence-corrected chi connectivity index (χ0v) is 45.2. The summed E-state index contributed by atoms with van der Waals surface area (Å²) in [5.74, 6) is 0.0796. The van der Waals surface area contributed by atoms with Gasteiger partial charge < -0.3 is 49.4 Å². The number of likely N-dealkylation sites (tertiary alicyclic amines) is 1. The number of nitrogens with zero attached hydrogens (tertiary/aromatic N) is 5. The molecule has 3 atom stereocenters. The number of carbonyl (C=O) groups is 7. The van der Waals surface area contributed by atoms with Crippen LogP contribution in [-0.4, -0.2) is 135 Å². The number of carbonyl (C=O) groups excluding carboxylic acids is 7. The summed E-state index contributed by atoms with van der Waals surface area (Å²) in [6, 6.07) is 21.1. The van der Waals surface area contributed by atoms with Crippen molar-refractivity contribution in [2.75, 3.05) is 59.5 Å². The highest BCUT2D eigenvalue weighted by molar-refractivity contribution is 6.08. The second kappa shape index (κ2) is 23.7. The third-order valence-corrected chi connectivity index (χ3v) is 15.5. The summed E-state index contributed by atoms with van der Waals surface area (Å²) in [6.07, 6.45) is 12.5. The van der Waals surface area contributed by atoms with Crippen LogP contribution in [0.25, 0.3) is 11.1 Å². The van der Waals surface area contributed by atoms with Gasteiger partial charge in [0, 0.05) is 87.3 Å². The number of rotatable bonds is 22. The van der Waals surface area contributed by atoms with Crippen molar-refractivity contribution in [2.45, 2.75) is 83.2 Å². The maximum atomic E-state index is 14.1. The van der Waals surface area contributed by atoms with Crippen LogP contribution in [0.3, 0.4) is 0 Å². The molecular weight excluding hydrogens is 1020 g/mol. The van der Waals surface area contributed by atoms with Crippen LogP contribution in [-0.2, 0) is 24.0 Å². The van der Waals surface area contributed by atoms with Crippen molar-refractivity contribution in [1.29, 1.82) is 0 Å². The number of methoxy groups -OCH3 is 3. The summed E-state index contributed by atoms with van der Waals surface area (Å²) in [7, 11) is 4.65. The summed E-state index contributed by atoms with van der Waals surface area (Å²) in [5.41, 5.74) is 4.75. The molecule has 0 bridgehead atoms. The lowest BCUT2D eigenvalue weighted by atomic mass is 9.67. The Balaban J connectivity index is 0.678. The van der Waals surface area contributed by atoms with Gasteiger partial charge in [0.05, 0.1) is 75.7 Å². The van der Waals surface area contributed by atoms with Crippen molar-refractivity contribution in [1.82, 2.24) is 25.3 Å². The van der Waals surface area contributed by atoms with Crippen LogP contribution in [0.15, 0.2) is 95.2 Å². The first-order valence-corrected chi connectivity index (χ1v) is 27.1. The molecule has 0 aromatic heterocycles. The Kier molecular flexibility index (Phi) is 16.1. The van der Waals surface area contributed by atoms with Gasteiger partial charge in [0.1, 0.15) is 11.2 Å². The number of nitrogens with one attached hydrogen (secondary N) is 3. The molecule has 416 valence electrons. The maximum Gasteiger partial charge on any atom is 0.260 e. The number of hydrogen-bond donors (Lipinski definition) is 3. The van der Waals surface area contributed by atoms with Gasteiger partial charge >= 0.3 is 0 Å². The van der Waals surface area contributed by atoms with E-state index in [0.29, 0.717) is 116 Å². The molecule has 3 unspecified atom stereocenters. The highest BCUT2D eigenvalue weighted by atomic mass is 16.5. The van der Waals surface area contributed by atoms with Gasteiger partial charge in [-0.15, -0.1) is 0 Å². The summed E-state index contributed by atoms with van der Waals surface area (Å²) < 4.78 is 29.0. The summed E-state index contributed by atoms with van der Waals surface area (Å²) in [6.45, 7) is 2.66. The third-order valence-electron chi connectivity index (χ3n) is 15.5. The van der Waals surface area contributed by atoms with Crippen LogP contribution < -0.4 is 39.6 Å². The Labute approximate surface area is 463 Å². The summed E-state index contributed by atoms with van der Waals surface area (Å²) >= 11 is 0. The van der Waals surface area contributed by atoms with Crippen molar-refractivity contribution in [2.24, 2.45) is 21.3 Å². The quantitative estimate of drug-likeness (QED) is 0.0397. The number of benzene rings is 4. The SMILES string of the molecule is COc1ccc(C2=CN3C(=O)c4cc(OC)c(OCCCOc5cc6c(cc5OC)C(=O)N5C=C(c7ccc(NC(=O)CNC(=O)C8(C(=O)NCCCCCN9C(=O)CC(C)C9=O)CCC8)cc7)CC5C=N6)cc4N=CC3C2)cc1. The predicted molar refractivity (Wildman–Crippen MR) is 298 cm³/mol. The molecule has 6 aliphatic rings. The third kappa shape index (κ3) is 11.2. The molecule has 10 rings (SSSR count). The van der Waals surface area contributed by atoms with E-state index in [1.165, 1.54) is 19.1 Å². The van der Waals surface area contributed by atoms with Gasteiger partial charge in [0.25, 0.3) is 11.8 Å². The molecule has 0 radical (unpaired) electrons. The van der Waals surface area contributed by atoms with E-state index in [1.807, 2.05) is 48.8 Å². The molecule has 20 nitrogen and oxygen atoms in total. The molecule has 1 aliphatic carbocycles. The molecule has 5 aliphatic heterocycles. The first kappa shape index (κ1) is 54.5. The van der Waals surface area contributed by atoms with E-state index in [1.54, 1.807) is 72.7 Å². The van der Waals surface area contributed by atoms with Crippen molar-refractivity contribution in [3.05, 3.63) is 107 Å². The van der Waals surface area contributed by atoms with E-state index >= 15 is 0 Å². The number of imide groups is 1. The second-order valence-corrected chi connectivity index (χ2v) is 20.7. The number of anilines is 1. The molecule has 5 heterocycles. The van der Waals surface area contributed by atoms with Crippen LogP contribution in [0, 0.1) is 11.3 Å². The highest BCUT2D eigenvalue weighted by Crippen LogP contribution is 2.43. The van der Waals surface area contributed by atoms with Gasteiger partial charge in [-0.3, -0.25) is 48.4 Å². The molecular formula is C60H64N8O12. The van der Waals surface area contributed by atoms with Gasteiger partial charge in [-0.2, -0.15) is 0 Å². The largest absolute Gasteiger partial charge is 0.497 e. The Morgan fingerprint density at radius 1 is 0.637 bits per heavy atom. The minimum atomic E-state index is -1.23. The number of ether oxygens (including phenoxy) is 5. The molecule has 2 fully saturated rings. The number of amides is 7. The number of hydrogen-bond acceptors (Lipinski definition) is 14. The van der Waals surface area contributed by atoms with E-state index in [4.69, 9.17) is 33.7 Å². The Morgan fingerprint density at radius 2 is 1.19 bits per heavy atom. The molecule has 4 aromatic carbocycles. The Bertz CT molecular complexity index is 3240. The molecule has 1 saturated heterocycles. The zero-order chi connectivity index (χ0) is 56.1. The maximum absolute atomic E-state index is 14.1. The lowest BCUT2D eigenvalue weighted by Crippen LogP contribution is -2.56. The van der Waals surface area contributed by atoms with E-state index in [-0.39, 0.29) is 73.7 Å². The fourth-order valence-corrected chi connectivity index (χ4v) is 10.8. The fourth-order valence-electron chi connectivity index (χ4n) is 10.8. The average Bonchev–Trinajstić information content (AvgIpc) is 4.20. The van der Waals surface area contributed by atoms with Gasteiger partial charge in [0.2, 0.25) is 29.5 Å². The lowest BCUT2D eigenvalue weighted by Gasteiger charge is -2.38. The monoisotopic (exact) mass is 1090 g/mol. The topological polar surface area (TPSA) is 236 Å². The van der Waals surface area contributed by atoms with Crippen molar-refractivity contribution in [3.8, 4) is 28.7 Å². The number of fused-ring (bicyclic) bond motifs is 4. The van der Waals surface area contributed by atoms with E-state index in [9.17, 15) is 33.6 Å². The standard InChI is InChI=1S/C60H64N8O12/c1-36-24-54(70)66(55(36)71)21-7-5-6-20-61-58(74)60(18-8-19-60)59(75)64-33-53(69)65-41-14-10-37(11-15-41)39-25-42-31-62-47-29-51(49(77-3)27-45(47)56(72)67(42)34-39)79-22-9-23-80-52-30-48-46(28-50(52)78-4)57(73)68-35-40(26-43(68)32-63-48)38-12-16-44(76-2)17-13-38/h10-17,27-32,34-36,42-43H,5-9,18-26,33H2,1-4H3,(H,61,74)(H,64,75)(H,65,69). The highest BCUT2D eigenvalue weighted by Gasteiger charge is 2.50. The van der Waals surface area contributed by atoms with Crippen LogP contribution in [0.4, 0.5) is 17.1 Å². The minimum Gasteiger partial charge on any atom is -0.497 e. The molecule has 0 spiro atoms. The van der Waals surface area contributed by atoms with Crippen LogP contribution in [0.5, 0.6) is 28.7 Å². The number of unbranched alkanes of at least 4 members (excludes halogenated alkanes) is 2. The first-order chi connectivity index (χ1) is 38.8. The average molecular weight is 1090 g/mol. The van der Waals surface area contributed by atoms with E-state index in [2.05, 4.69) is 16.0 Å². The fraction of sp³-hybridized carbons (Fsp3) is 0.383. The predicted octanol–water partition coefficient (Wildman–Crippen LogP) is 7.41. The van der Waals surface area contributed by atoms with Crippen molar-refractivity contribution >= 4 is 82.0 Å². The Morgan fingerprint density at radius 3 is 1.69 bits per heavy atom. The van der Waals surface area contributed by atoms with E-state index < -0.39 is 17.2 Å². The van der Waals surface area contributed by atoms with Crippen LogP contribution >= 0.6 is 0 Å². The van der Waals surface area contributed by atoms with Gasteiger partial charge in [-0.1, -0.05) is 37.6 Å². The first-order valence-electron chi connectivity index (χ1n) is 27.1. The van der Waals surface area contributed by atoms with Gasteiger partial charge in [0.15, 0.2) is 23.0 Å². The summed E-state index contributed by atoms with van der Waals surface area (Å²) in [4.78, 5) is 106. The number of aliphatic imine (C=N–C) groups is 2. The Hall–Kier alpha value is -8.81. The molecule has 1 saturated carbocycles. The molecule has 4 aromatic rings. The molecule has 3 N–H and O–H groups in total. The van der Waals surface area contributed by atoms with Crippen molar-refractivity contribution in [3.63, 3.8) is 0 Å².